The van der Waals surface area contributed by atoms with E-state index in [0.717, 1.165) is 4.90 Å². The summed E-state index contributed by atoms with van der Waals surface area (Å²) in [6.07, 6.45) is -0.284. The number of benzene rings is 2. The van der Waals surface area contributed by atoms with Gasteiger partial charge in [-0.15, -0.1) is 0 Å². The third kappa shape index (κ3) is 4.26. The van der Waals surface area contributed by atoms with Crippen molar-refractivity contribution in [3.63, 3.8) is 0 Å². The second-order valence-corrected chi connectivity index (χ2v) is 8.58. The fourth-order valence-corrected chi connectivity index (χ4v) is 3.92. The van der Waals surface area contributed by atoms with E-state index < -0.39 is 23.3 Å². The number of hydrogen-bond donors (Lipinski definition) is 1. The predicted octanol–water partition coefficient (Wildman–Crippen LogP) is 3.49. The van der Waals surface area contributed by atoms with Gasteiger partial charge in [-0.25, -0.2) is 14.4 Å². The van der Waals surface area contributed by atoms with Crippen LogP contribution in [0.25, 0.3) is 5.69 Å². The number of carbonyl (C=O) groups excluding carboxylic acids is 3. The summed E-state index contributed by atoms with van der Waals surface area (Å²) in [5.41, 5.74) is 1.21. The van der Waals surface area contributed by atoms with Gasteiger partial charge in [0.1, 0.15) is 16.4 Å². The second kappa shape index (κ2) is 9.27. The highest BCUT2D eigenvalue weighted by Crippen LogP contribution is 2.30. The summed E-state index contributed by atoms with van der Waals surface area (Å²) in [5, 5.41) is 2.46. The minimum atomic E-state index is -0.742. The van der Waals surface area contributed by atoms with Crippen molar-refractivity contribution in [2.75, 3.05) is 10.2 Å². The molecule has 0 radical (unpaired) electrons. The molecule has 1 aliphatic rings. The van der Waals surface area contributed by atoms with Crippen LogP contribution >= 0.6 is 11.6 Å². The van der Waals surface area contributed by atoms with Gasteiger partial charge in [0.2, 0.25) is 0 Å². The topological polar surface area (TPSA) is 103 Å². The largest absolute Gasteiger partial charge is 0.459 e. The van der Waals surface area contributed by atoms with Gasteiger partial charge in [-0.05, 0) is 57.2 Å². The minimum absolute atomic E-state index is 0.124. The van der Waals surface area contributed by atoms with E-state index in [4.69, 9.17) is 16.3 Å². The van der Waals surface area contributed by atoms with Gasteiger partial charge in [-0.2, -0.15) is 0 Å². The lowest BCUT2D eigenvalue weighted by molar-refractivity contribution is -0.120. The number of nitrogens with one attached hydrogen (secondary N) is 1. The molecule has 9 nitrogen and oxygen atoms in total. The Bertz CT molecular complexity index is 1420. The molecule has 0 atom stereocenters. The van der Waals surface area contributed by atoms with Crippen LogP contribution in [0.4, 0.5) is 11.4 Å². The van der Waals surface area contributed by atoms with Crippen molar-refractivity contribution in [2.45, 2.75) is 26.9 Å². The Morgan fingerprint density at radius 3 is 2.17 bits per heavy atom. The van der Waals surface area contributed by atoms with E-state index in [1.165, 1.54) is 28.9 Å². The highest BCUT2D eigenvalue weighted by atomic mass is 35.5. The van der Waals surface area contributed by atoms with Gasteiger partial charge >= 0.3 is 5.97 Å². The molecule has 3 aromatic rings. The number of para-hydroxylation sites is 1. The van der Waals surface area contributed by atoms with Crippen molar-refractivity contribution in [1.29, 1.82) is 0 Å². The van der Waals surface area contributed by atoms with Gasteiger partial charge < -0.3 is 10.1 Å². The monoisotopic (exact) mass is 494 g/mol. The van der Waals surface area contributed by atoms with E-state index >= 15 is 0 Å². The maximum absolute atomic E-state index is 13.2. The number of nitrogens with zero attached hydrogens (tertiary/aromatic N) is 3. The van der Waals surface area contributed by atoms with Crippen LogP contribution in [0.2, 0.25) is 0 Å². The Balaban J connectivity index is 1.63. The SMILES string of the molecule is Cc1c(NC2=C(Cl)C(=O)N(c3ccc(C(=O)OC(C)C)cc3)C2=O)c(=O)n(-c2ccccc2)n1C. The van der Waals surface area contributed by atoms with Crippen LogP contribution in [-0.2, 0) is 21.4 Å². The smallest absolute Gasteiger partial charge is 0.338 e. The fraction of sp³-hybridized carbons (Fsp3) is 0.200. The molecule has 180 valence electrons. The zero-order chi connectivity index (χ0) is 25.4. The molecule has 0 aliphatic carbocycles. The number of aromatic nitrogens is 2. The Hall–Kier alpha value is -4.11. The molecular formula is C25H23ClN4O5. The highest BCUT2D eigenvalue weighted by molar-refractivity contribution is 6.53. The highest BCUT2D eigenvalue weighted by Gasteiger charge is 2.39. The molecule has 2 amide bonds. The molecule has 10 heteroatoms. The van der Waals surface area contributed by atoms with Crippen LogP contribution in [0, 0.1) is 6.92 Å². The first kappa shape index (κ1) is 24.0. The Morgan fingerprint density at radius 1 is 0.943 bits per heavy atom. The van der Waals surface area contributed by atoms with Crippen LogP contribution in [-0.4, -0.2) is 33.3 Å². The number of esters is 1. The van der Waals surface area contributed by atoms with Crippen molar-refractivity contribution in [3.8, 4) is 5.69 Å². The molecule has 0 spiro atoms. The van der Waals surface area contributed by atoms with Crippen molar-refractivity contribution in [3.05, 3.63) is 86.9 Å². The maximum atomic E-state index is 13.2. The van der Waals surface area contributed by atoms with E-state index in [1.54, 1.807) is 56.8 Å². The standard InChI is InChI=1S/C25H23ClN4O5/c1-14(2)35-25(34)16-10-12-17(13-11-16)29-22(31)19(26)21(23(29)32)27-20-15(3)28(4)30(24(20)33)18-8-6-5-7-9-18/h5-14,27H,1-4H3. The molecule has 2 heterocycles. The van der Waals surface area contributed by atoms with Crippen LogP contribution < -0.4 is 15.8 Å². The summed E-state index contributed by atoms with van der Waals surface area (Å²) in [7, 11) is 1.71. The third-order valence-corrected chi connectivity index (χ3v) is 5.89. The molecule has 2 aromatic carbocycles. The number of halogens is 1. The van der Waals surface area contributed by atoms with Crippen molar-refractivity contribution in [1.82, 2.24) is 9.36 Å². The van der Waals surface area contributed by atoms with Gasteiger partial charge in [0, 0.05) is 7.05 Å². The summed E-state index contributed by atoms with van der Waals surface area (Å²) in [4.78, 5) is 52.2. The number of rotatable bonds is 6. The van der Waals surface area contributed by atoms with Crippen LogP contribution in [0.5, 0.6) is 0 Å². The number of ether oxygens (including phenoxy) is 1. The van der Waals surface area contributed by atoms with E-state index in [1.807, 2.05) is 6.07 Å². The van der Waals surface area contributed by atoms with Gasteiger partial charge in [-0.3, -0.25) is 19.1 Å². The number of carbonyl (C=O) groups is 3. The number of imide groups is 1. The normalized spacial score (nSPS) is 13.7. The first-order valence-corrected chi connectivity index (χ1v) is 11.2. The van der Waals surface area contributed by atoms with Gasteiger partial charge in [0.05, 0.1) is 28.7 Å². The first-order valence-electron chi connectivity index (χ1n) is 10.8. The quantitative estimate of drug-likeness (QED) is 0.415. The van der Waals surface area contributed by atoms with E-state index in [9.17, 15) is 19.2 Å². The van der Waals surface area contributed by atoms with Crippen molar-refractivity contribution < 1.29 is 19.1 Å². The summed E-state index contributed by atoms with van der Waals surface area (Å²) in [6, 6.07) is 14.8. The second-order valence-electron chi connectivity index (χ2n) is 8.20. The molecule has 0 fully saturated rings. The number of hydrogen-bond acceptors (Lipinski definition) is 6. The molecule has 1 aromatic heterocycles. The summed E-state index contributed by atoms with van der Waals surface area (Å²) < 4.78 is 8.24. The van der Waals surface area contributed by atoms with Gasteiger partial charge in [0.25, 0.3) is 17.4 Å². The number of anilines is 2. The zero-order valence-corrected chi connectivity index (χ0v) is 20.3. The lowest BCUT2D eigenvalue weighted by Gasteiger charge is -2.15. The van der Waals surface area contributed by atoms with Crippen LogP contribution in [0.3, 0.4) is 0 Å². The maximum Gasteiger partial charge on any atom is 0.338 e. The van der Waals surface area contributed by atoms with Gasteiger partial charge in [0.15, 0.2) is 0 Å². The fourth-order valence-electron chi connectivity index (χ4n) is 3.71. The summed E-state index contributed by atoms with van der Waals surface area (Å²) >= 11 is 6.24. The molecule has 0 bridgehead atoms. The zero-order valence-electron chi connectivity index (χ0n) is 19.5. The molecule has 0 unspecified atom stereocenters. The Labute approximate surface area is 206 Å². The number of amides is 2. The minimum Gasteiger partial charge on any atom is -0.459 e. The van der Waals surface area contributed by atoms with Gasteiger partial charge in [-0.1, -0.05) is 29.8 Å². The van der Waals surface area contributed by atoms with Crippen molar-refractivity contribution in [2.24, 2.45) is 7.05 Å². The average molecular weight is 495 g/mol. The van der Waals surface area contributed by atoms with Crippen LogP contribution in [0.15, 0.2) is 70.1 Å². The lowest BCUT2D eigenvalue weighted by Crippen LogP contribution is -2.32. The predicted molar refractivity (Wildman–Crippen MR) is 132 cm³/mol. The van der Waals surface area contributed by atoms with Crippen LogP contribution in [0.1, 0.15) is 29.9 Å². The molecule has 0 saturated heterocycles. The van der Waals surface area contributed by atoms with E-state index in [-0.39, 0.29) is 33.8 Å². The molecule has 0 saturated carbocycles. The van der Waals surface area contributed by atoms with Crippen molar-refractivity contribution >= 4 is 40.8 Å². The molecule has 1 N–H and O–H groups in total. The Morgan fingerprint density at radius 2 is 1.57 bits per heavy atom. The lowest BCUT2D eigenvalue weighted by atomic mass is 10.2. The molecule has 1 aliphatic heterocycles. The summed E-state index contributed by atoms with van der Waals surface area (Å²) in [6.45, 7) is 5.18. The van der Waals surface area contributed by atoms with E-state index in [0.29, 0.717) is 11.4 Å². The first-order chi connectivity index (χ1) is 16.6. The third-order valence-electron chi connectivity index (χ3n) is 5.54. The van der Waals surface area contributed by atoms with E-state index in [2.05, 4.69) is 5.32 Å². The molecular weight excluding hydrogens is 472 g/mol. The summed E-state index contributed by atoms with van der Waals surface area (Å²) in [5.74, 6) is -1.97. The average Bonchev–Trinajstić information content (AvgIpc) is 3.17. The molecule has 35 heavy (non-hydrogen) atoms. The Kier molecular flexibility index (Phi) is 6.36. The molecule has 4 rings (SSSR count).